The van der Waals surface area contributed by atoms with Crippen LogP contribution in [0.25, 0.3) is 0 Å². The van der Waals surface area contributed by atoms with Crippen molar-refractivity contribution in [2.24, 2.45) is 0 Å². The fourth-order valence-electron chi connectivity index (χ4n) is 4.69. The first-order valence-corrected chi connectivity index (χ1v) is 13.2. The summed E-state index contributed by atoms with van der Waals surface area (Å²) in [7, 11) is 1.67. The third-order valence-electron chi connectivity index (χ3n) is 6.81. The van der Waals surface area contributed by atoms with Crippen molar-refractivity contribution in [1.82, 2.24) is 0 Å². The van der Waals surface area contributed by atoms with Crippen LogP contribution in [0.15, 0.2) is 72.4 Å². The second kappa shape index (κ2) is 15.2. The van der Waals surface area contributed by atoms with E-state index in [1.165, 1.54) is 11.6 Å². The second-order valence-corrected chi connectivity index (χ2v) is 9.99. The summed E-state index contributed by atoms with van der Waals surface area (Å²) in [6.07, 6.45) is 17.4. The van der Waals surface area contributed by atoms with Gasteiger partial charge in [-0.3, -0.25) is 0 Å². The van der Waals surface area contributed by atoms with E-state index in [0.29, 0.717) is 19.4 Å². The minimum Gasteiger partial charge on any atom is -0.456 e. The van der Waals surface area contributed by atoms with Gasteiger partial charge in [0.1, 0.15) is 18.3 Å². The van der Waals surface area contributed by atoms with Crippen molar-refractivity contribution in [3.05, 3.63) is 72.4 Å². The summed E-state index contributed by atoms with van der Waals surface area (Å²) in [5.74, 6) is -0.542. The van der Waals surface area contributed by atoms with Crippen LogP contribution in [0.1, 0.15) is 51.9 Å². The lowest BCUT2D eigenvalue weighted by atomic mass is 9.98. The number of carbonyl (C=O) groups is 1. The monoisotopic (exact) mass is 514 g/mol. The average molecular weight is 515 g/mol. The van der Waals surface area contributed by atoms with Crippen molar-refractivity contribution in [2.75, 3.05) is 13.7 Å². The Labute approximate surface area is 220 Å². The van der Waals surface area contributed by atoms with Crippen molar-refractivity contribution < 1.29 is 34.0 Å². The molecule has 0 fully saturated rings. The van der Waals surface area contributed by atoms with Crippen molar-refractivity contribution in [1.29, 1.82) is 0 Å². The highest BCUT2D eigenvalue weighted by Crippen LogP contribution is 2.24. The fourth-order valence-corrected chi connectivity index (χ4v) is 4.69. The van der Waals surface area contributed by atoms with Gasteiger partial charge in [-0.05, 0) is 45.4 Å². The Bertz CT molecular complexity index is 900. The maximum atomic E-state index is 12.6. The van der Waals surface area contributed by atoms with Gasteiger partial charge >= 0.3 is 5.97 Å². The quantitative estimate of drug-likeness (QED) is 0.427. The Hall–Kier alpha value is -2.29. The minimum atomic E-state index is -1.02. The number of carbonyl (C=O) groups excluding carboxylic acids is 1. The highest BCUT2D eigenvalue weighted by atomic mass is 16.6. The number of fused-ring (bicyclic) bond motifs is 2. The molecule has 0 aromatic heterocycles. The van der Waals surface area contributed by atoms with Gasteiger partial charge in [-0.25, -0.2) is 4.79 Å². The number of esters is 1. The number of rotatable bonds is 4. The molecular weight excluding hydrogens is 472 g/mol. The summed E-state index contributed by atoms with van der Waals surface area (Å²) in [6.45, 7) is 6.71. The summed E-state index contributed by atoms with van der Waals surface area (Å²) < 4.78 is 23.1. The number of aliphatic hydroxyl groups is 2. The third kappa shape index (κ3) is 10.2. The lowest BCUT2D eigenvalue weighted by Gasteiger charge is -2.31. The van der Waals surface area contributed by atoms with Gasteiger partial charge in [-0.2, -0.15) is 0 Å². The molecule has 0 aliphatic carbocycles. The van der Waals surface area contributed by atoms with Crippen LogP contribution >= 0.6 is 0 Å². The van der Waals surface area contributed by atoms with Crippen LogP contribution in [-0.2, 0) is 23.7 Å². The SMILES string of the molecule is C=C1CCC[C@H]2O[C@@H](C=C[C@@H]2OC)CC=CC(=O)O[C@H]([C@@H](O)C=C[C@@H]2CC(C)=CCO2)CC=C[C@@H](O)C1. The molecule has 0 saturated heterocycles. The highest BCUT2D eigenvalue weighted by molar-refractivity contribution is 5.82. The highest BCUT2D eigenvalue weighted by Gasteiger charge is 2.27. The standard InChI is InChI=1S/C30H42O7/c1-21-7-4-11-29-28(34-3)16-14-24(36-29)9-6-12-30(33)37-27(10-5-8-23(31)19-21)26(32)15-13-25-20-22(2)17-18-35-25/h5-6,8,12-17,23-29,31-32H,1,4,7,9-11,18-20H2,2-3H3/t23-,24-,25-,26+,27+,28+,29-/m1/s1. The Morgan fingerprint density at radius 1 is 1.19 bits per heavy atom. The van der Waals surface area contributed by atoms with Crippen LogP contribution in [0.4, 0.5) is 0 Å². The molecule has 2 bridgehead atoms. The molecule has 0 amide bonds. The van der Waals surface area contributed by atoms with Gasteiger partial charge in [-0.1, -0.05) is 66.3 Å². The molecule has 3 aliphatic rings. The number of hydrogen-bond donors (Lipinski definition) is 2. The molecule has 7 heteroatoms. The molecule has 0 aromatic carbocycles. The summed E-state index contributed by atoms with van der Waals surface area (Å²) in [5.41, 5.74) is 2.20. The molecule has 204 valence electrons. The lowest BCUT2D eigenvalue weighted by Crippen LogP contribution is -2.36. The first-order valence-electron chi connectivity index (χ1n) is 13.2. The maximum Gasteiger partial charge on any atom is 0.330 e. The average Bonchev–Trinajstić information content (AvgIpc) is 2.86. The molecule has 3 rings (SSSR count). The van der Waals surface area contributed by atoms with E-state index in [4.69, 9.17) is 18.9 Å². The first kappa shape index (κ1) is 29.3. The van der Waals surface area contributed by atoms with Gasteiger partial charge in [0.25, 0.3) is 0 Å². The molecule has 0 unspecified atom stereocenters. The Morgan fingerprint density at radius 2 is 2.03 bits per heavy atom. The van der Waals surface area contributed by atoms with E-state index < -0.39 is 24.3 Å². The number of methoxy groups -OCH3 is 1. The third-order valence-corrected chi connectivity index (χ3v) is 6.81. The molecule has 0 radical (unpaired) electrons. The molecule has 0 aromatic rings. The fraction of sp³-hybridized carbons (Fsp3) is 0.567. The van der Waals surface area contributed by atoms with Gasteiger partial charge in [0.05, 0.1) is 31.0 Å². The Kier molecular flexibility index (Phi) is 12.0. The minimum absolute atomic E-state index is 0.0874. The molecule has 0 spiro atoms. The predicted octanol–water partition coefficient (Wildman–Crippen LogP) is 4.27. The van der Waals surface area contributed by atoms with Crippen LogP contribution in [0.5, 0.6) is 0 Å². The van der Waals surface area contributed by atoms with Gasteiger partial charge in [0.2, 0.25) is 0 Å². The van der Waals surface area contributed by atoms with Crippen LogP contribution in [0, 0.1) is 0 Å². The smallest absolute Gasteiger partial charge is 0.330 e. The molecular formula is C30H42O7. The zero-order chi connectivity index (χ0) is 26.6. The van der Waals surface area contributed by atoms with Crippen molar-refractivity contribution in [2.45, 2.75) is 94.6 Å². The van der Waals surface area contributed by atoms with E-state index in [0.717, 1.165) is 31.3 Å². The lowest BCUT2D eigenvalue weighted by molar-refractivity contribution is -0.147. The van der Waals surface area contributed by atoms with Crippen molar-refractivity contribution in [3.8, 4) is 0 Å². The topological polar surface area (TPSA) is 94.5 Å². The number of cyclic esters (lactones) is 1. The van der Waals surface area contributed by atoms with Crippen LogP contribution in [0.3, 0.4) is 0 Å². The Balaban J connectivity index is 1.70. The molecule has 37 heavy (non-hydrogen) atoms. The zero-order valence-electron chi connectivity index (χ0n) is 22.0. The van der Waals surface area contributed by atoms with E-state index in [1.807, 2.05) is 24.3 Å². The zero-order valence-corrected chi connectivity index (χ0v) is 22.0. The summed E-state index contributed by atoms with van der Waals surface area (Å²) >= 11 is 0. The number of ether oxygens (including phenoxy) is 4. The second-order valence-electron chi connectivity index (χ2n) is 9.99. The summed E-state index contributed by atoms with van der Waals surface area (Å²) in [4.78, 5) is 12.6. The molecule has 0 saturated carbocycles. The molecule has 3 aliphatic heterocycles. The van der Waals surface area contributed by atoms with E-state index >= 15 is 0 Å². The van der Waals surface area contributed by atoms with Crippen LogP contribution < -0.4 is 0 Å². The molecule has 7 nitrogen and oxygen atoms in total. The van der Waals surface area contributed by atoms with Crippen LogP contribution in [0.2, 0.25) is 0 Å². The predicted molar refractivity (Wildman–Crippen MR) is 143 cm³/mol. The molecule has 3 heterocycles. The van der Waals surface area contributed by atoms with Crippen molar-refractivity contribution in [3.63, 3.8) is 0 Å². The first-order chi connectivity index (χ1) is 17.8. The Morgan fingerprint density at radius 3 is 2.81 bits per heavy atom. The number of aliphatic hydroxyl groups excluding tert-OH is 2. The van der Waals surface area contributed by atoms with Crippen molar-refractivity contribution >= 4 is 5.97 Å². The number of hydrogen-bond acceptors (Lipinski definition) is 7. The maximum absolute atomic E-state index is 12.6. The van der Waals surface area contributed by atoms with E-state index in [1.54, 1.807) is 31.4 Å². The van der Waals surface area contributed by atoms with E-state index in [9.17, 15) is 15.0 Å². The molecule has 7 atom stereocenters. The van der Waals surface area contributed by atoms with Gasteiger partial charge in [-0.15, -0.1) is 0 Å². The summed E-state index contributed by atoms with van der Waals surface area (Å²) in [5, 5.41) is 21.3. The van der Waals surface area contributed by atoms with Gasteiger partial charge < -0.3 is 29.2 Å². The normalized spacial score (nSPS) is 33.5. The van der Waals surface area contributed by atoms with E-state index in [-0.39, 0.29) is 30.8 Å². The summed E-state index contributed by atoms with van der Waals surface area (Å²) in [6, 6.07) is 0. The van der Waals surface area contributed by atoms with E-state index in [2.05, 4.69) is 13.5 Å². The van der Waals surface area contributed by atoms with Gasteiger partial charge in [0, 0.05) is 19.6 Å². The molecule has 2 N–H and O–H groups in total. The largest absolute Gasteiger partial charge is 0.456 e. The van der Waals surface area contributed by atoms with Gasteiger partial charge in [0.15, 0.2) is 0 Å². The van der Waals surface area contributed by atoms with Crippen LogP contribution in [-0.4, -0.2) is 72.6 Å².